The number of aryl methyl sites for hydroxylation is 2. The summed E-state index contributed by atoms with van der Waals surface area (Å²) in [5.74, 6) is 0.729. The topological polar surface area (TPSA) is 55.4 Å². The number of nitrogens with one attached hydrogen (secondary N) is 1. The third-order valence-corrected chi connectivity index (χ3v) is 5.10. The van der Waals surface area contributed by atoms with Crippen molar-refractivity contribution in [1.82, 2.24) is 5.32 Å². The number of sulfone groups is 1. The smallest absolute Gasteiger partial charge is 0.151 e. The third kappa shape index (κ3) is 3.48. The Balaban J connectivity index is 3.41. The average Bonchev–Trinajstić information content (AvgIpc) is 2.30. The third-order valence-electron chi connectivity index (χ3n) is 3.48. The Labute approximate surface area is 116 Å². The second-order valence-corrected chi connectivity index (χ2v) is 7.40. The van der Waals surface area contributed by atoms with Gasteiger partial charge in [-0.3, -0.25) is 0 Å². The molecule has 4 nitrogen and oxygen atoms in total. The lowest BCUT2D eigenvalue weighted by atomic mass is 9.96. The van der Waals surface area contributed by atoms with E-state index in [1.165, 1.54) is 6.26 Å². The maximum absolute atomic E-state index is 11.8. The summed E-state index contributed by atoms with van der Waals surface area (Å²) in [6.45, 7) is 5.69. The highest BCUT2D eigenvalue weighted by atomic mass is 32.2. The zero-order valence-corrected chi connectivity index (χ0v) is 13.3. The van der Waals surface area contributed by atoms with E-state index in [0.717, 1.165) is 22.4 Å². The molecule has 108 valence electrons. The molecule has 2 atom stereocenters. The molecule has 0 amide bonds. The molecule has 0 fully saturated rings. The Morgan fingerprint density at radius 2 is 1.84 bits per heavy atom. The van der Waals surface area contributed by atoms with Gasteiger partial charge in [0.25, 0.3) is 0 Å². The van der Waals surface area contributed by atoms with Crippen LogP contribution in [0.5, 0.6) is 5.75 Å². The lowest BCUT2D eigenvalue weighted by molar-refractivity contribution is 0.399. The second kappa shape index (κ2) is 5.92. The van der Waals surface area contributed by atoms with Gasteiger partial charge in [0.2, 0.25) is 0 Å². The van der Waals surface area contributed by atoms with Crippen LogP contribution >= 0.6 is 0 Å². The van der Waals surface area contributed by atoms with Crippen molar-refractivity contribution in [3.05, 3.63) is 28.8 Å². The molecule has 0 aliphatic rings. The highest BCUT2D eigenvalue weighted by Crippen LogP contribution is 2.33. The Kier molecular flexibility index (Phi) is 4.98. The van der Waals surface area contributed by atoms with E-state index in [1.54, 1.807) is 21.1 Å². The van der Waals surface area contributed by atoms with Gasteiger partial charge in [-0.25, -0.2) is 8.42 Å². The van der Waals surface area contributed by atoms with Gasteiger partial charge in [0, 0.05) is 11.8 Å². The van der Waals surface area contributed by atoms with E-state index < -0.39 is 15.1 Å². The summed E-state index contributed by atoms with van der Waals surface area (Å²) in [6, 6.07) is 3.68. The van der Waals surface area contributed by atoms with E-state index in [2.05, 4.69) is 5.32 Å². The summed E-state index contributed by atoms with van der Waals surface area (Å²) < 4.78 is 29.0. The van der Waals surface area contributed by atoms with Crippen LogP contribution in [-0.4, -0.2) is 34.1 Å². The first-order chi connectivity index (χ1) is 8.72. The molecule has 0 saturated heterocycles. The van der Waals surface area contributed by atoms with Crippen molar-refractivity contribution in [3.8, 4) is 5.75 Å². The number of ether oxygens (including phenoxy) is 1. The quantitative estimate of drug-likeness (QED) is 0.899. The van der Waals surface area contributed by atoms with E-state index in [-0.39, 0.29) is 6.04 Å². The van der Waals surface area contributed by atoms with E-state index in [9.17, 15) is 8.42 Å². The molecule has 1 N–H and O–H groups in total. The molecule has 0 aliphatic carbocycles. The highest BCUT2D eigenvalue weighted by molar-refractivity contribution is 7.91. The molecular formula is C14H23NO3S. The number of methoxy groups -OCH3 is 1. The van der Waals surface area contributed by atoms with Crippen LogP contribution < -0.4 is 10.1 Å². The highest BCUT2D eigenvalue weighted by Gasteiger charge is 2.29. The molecule has 0 radical (unpaired) electrons. The van der Waals surface area contributed by atoms with Crippen LogP contribution in [0.3, 0.4) is 0 Å². The normalized spacial score (nSPS) is 15.1. The van der Waals surface area contributed by atoms with Gasteiger partial charge in [-0.1, -0.05) is 6.07 Å². The summed E-state index contributed by atoms with van der Waals surface area (Å²) in [4.78, 5) is 0. The Bertz CT molecular complexity index is 552. The van der Waals surface area contributed by atoms with Crippen LogP contribution in [0.25, 0.3) is 0 Å². The maximum Gasteiger partial charge on any atom is 0.151 e. The molecule has 0 aliphatic heterocycles. The minimum atomic E-state index is -3.13. The summed E-state index contributed by atoms with van der Waals surface area (Å²) in [5.41, 5.74) is 3.04. The molecule has 0 spiro atoms. The van der Waals surface area contributed by atoms with Gasteiger partial charge in [0.1, 0.15) is 5.75 Å². The van der Waals surface area contributed by atoms with Crippen molar-refractivity contribution >= 4 is 9.84 Å². The van der Waals surface area contributed by atoms with Crippen molar-refractivity contribution in [2.45, 2.75) is 32.1 Å². The lowest BCUT2D eigenvalue weighted by Crippen LogP contribution is -2.33. The molecule has 0 saturated carbocycles. The monoisotopic (exact) mass is 285 g/mol. The fraction of sp³-hybridized carbons (Fsp3) is 0.571. The number of hydrogen-bond acceptors (Lipinski definition) is 4. The van der Waals surface area contributed by atoms with Crippen LogP contribution in [0.1, 0.15) is 29.7 Å². The van der Waals surface area contributed by atoms with Crippen molar-refractivity contribution < 1.29 is 13.2 Å². The van der Waals surface area contributed by atoms with Gasteiger partial charge >= 0.3 is 0 Å². The molecule has 5 heteroatoms. The molecule has 19 heavy (non-hydrogen) atoms. The van der Waals surface area contributed by atoms with Crippen molar-refractivity contribution in [2.24, 2.45) is 0 Å². The lowest BCUT2D eigenvalue weighted by Gasteiger charge is -2.26. The van der Waals surface area contributed by atoms with Crippen molar-refractivity contribution in [3.63, 3.8) is 0 Å². The first-order valence-electron chi connectivity index (χ1n) is 6.23. The minimum Gasteiger partial charge on any atom is -0.496 e. The van der Waals surface area contributed by atoms with Gasteiger partial charge in [0.05, 0.1) is 18.4 Å². The van der Waals surface area contributed by atoms with Crippen LogP contribution in [0.2, 0.25) is 0 Å². The summed E-state index contributed by atoms with van der Waals surface area (Å²) in [6.07, 6.45) is 1.26. The number of hydrogen-bond donors (Lipinski definition) is 1. The predicted octanol–water partition coefficient (Wildman–Crippen LogP) is 2.01. The van der Waals surface area contributed by atoms with Gasteiger partial charge < -0.3 is 10.1 Å². The Morgan fingerprint density at radius 1 is 1.26 bits per heavy atom. The first-order valence-corrected chi connectivity index (χ1v) is 8.19. The zero-order chi connectivity index (χ0) is 14.8. The van der Waals surface area contributed by atoms with E-state index >= 15 is 0 Å². The van der Waals surface area contributed by atoms with Crippen LogP contribution in [0.15, 0.2) is 12.1 Å². The second-order valence-electron chi connectivity index (χ2n) is 5.00. The van der Waals surface area contributed by atoms with Gasteiger partial charge in [-0.15, -0.1) is 0 Å². The van der Waals surface area contributed by atoms with Crippen molar-refractivity contribution in [2.75, 3.05) is 20.4 Å². The fourth-order valence-electron chi connectivity index (χ4n) is 2.37. The first kappa shape index (κ1) is 16.0. The minimum absolute atomic E-state index is 0.287. The van der Waals surface area contributed by atoms with Crippen LogP contribution in [0.4, 0.5) is 0 Å². The molecule has 0 bridgehead atoms. The Morgan fingerprint density at radius 3 is 2.26 bits per heavy atom. The van der Waals surface area contributed by atoms with Gasteiger partial charge in [-0.2, -0.15) is 0 Å². The predicted molar refractivity (Wildman–Crippen MR) is 78.6 cm³/mol. The molecule has 1 aromatic carbocycles. The average molecular weight is 285 g/mol. The Hall–Kier alpha value is -1.07. The van der Waals surface area contributed by atoms with Crippen LogP contribution in [0, 0.1) is 13.8 Å². The molecule has 0 aromatic heterocycles. The molecule has 1 aromatic rings. The van der Waals surface area contributed by atoms with Crippen molar-refractivity contribution in [1.29, 1.82) is 0 Å². The molecule has 0 heterocycles. The summed E-state index contributed by atoms with van der Waals surface area (Å²) in [7, 11) is 0.243. The van der Waals surface area contributed by atoms with E-state index in [1.807, 2.05) is 26.0 Å². The molecule has 1 rings (SSSR count). The molecular weight excluding hydrogens is 262 g/mol. The SMILES string of the molecule is CNC(c1c(C)cc(C)cc1OC)C(C)S(C)(=O)=O. The summed E-state index contributed by atoms with van der Waals surface area (Å²) >= 11 is 0. The fourth-order valence-corrected chi connectivity index (χ4v) is 3.13. The van der Waals surface area contributed by atoms with Gasteiger partial charge in [-0.05, 0) is 45.0 Å². The number of rotatable bonds is 5. The standard InChI is InChI=1S/C14H23NO3S/c1-9-7-10(2)13(12(8-9)18-5)14(15-4)11(3)19(6,16)17/h7-8,11,14-15H,1-6H3. The van der Waals surface area contributed by atoms with Gasteiger partial charge in [0.15, 0.2) is 9.84 Å². The summed E-state index contributed by atoms with van der Waals surface area (Å²) in [5, 5.41) is 2.58. The maximum atomic E-state index is 11.8. The van der Waals surface area contributed by atoms with E-state index in [4.69, 9.17) is 4.74 Å². The molecule has 2 unspecified atom stereocenters. The van der Waals surface area contributed by atoms with E-state index in [0.29, 0.717) is 0 Å². The largest absolute Gasteiger partial charge is 0.496 e. The van der Waals surface area contributed by atoms with Crippen LogP contribution in [-0.2, 0) is 9.84 Å². The number of benzene rings is 1. The zero-order valence-electron chi connectivity index (χ0n) is 12.4.